The number of pyridine rings is 1. The molecule has 1 aromatic heterocycles. The average molecular weight is 312 g/mol. The molecule has 0 aliphatic rings. The predicted octanol–water partition coefficient (Wildman–Crippen LogP) is 3.57. The Morgan fingerprint density at radius 2 is 2.11 bits per heavy atom. The zero-order chi connectivity index (χ0) is 13.0. The number of nitrogens with zero attached hydrogens (tertiary/aromatic N) is 1. The molecule has 0 spiro atoms. The second kappa shape index (κ2) is 5.82. The van der Waals surface area contributed by atoms with Crippen LogP contribution in [0.25, 0.3) is 0 Å². The van der Waals surface area contributed by atoms with Crippen molar-refractivity contribution in [2.45, 2.75) is 6.61 Å². The molecule has 94 valence electrons. The number of rotatable bonds is 4. The number of hydrogen-bond donors (Lipinski definition) is 0. The van der Waals surface area contributed by atoms with E-state index >= 15 is 0 Å². The molecule has 0 N–H and O–H groups in total. The van der Waals surface area contributed by atoms with Crippen molar-refractivity contribution in [3.8, 4) is 11.5 Å². The maximum atomic E-state index is 13.2. The Balaban J connectivity index is 2.07. The topological polar surface area (TPSA) is 31.4 Å². The van der Waals surface area contributed by atoms with E-state index in [0.717, 1.165) is 15.8 Å². The van der Waals surface area contributed by atoms with Crippen molar-refractivity contribution in [1.29, 1.82) is 0 Å². The highest BCUT2D eigenvalue weighted by Gasteiger charge is 2.05. The highest BCUT2D eigenvalue weighted by molar-refractivity contribution is 9.10. The van der Waals surface area contributed by atoms with Crippen LogP contribution in [-0.2, 0) is 6.61 Å². The summed E-state index contributed by atoms with van der Waals surface area (Å²) in [5, 5.41) is 0. The van der Waals surface area contributed by atoms with Crippen molar-refractivity contribution >= 4 is 15.9 Å². The molecule has 3 nitrogen and oxygen atoms in total. The van der Waals surface area contributed by atoms with Crippen LogP contribution < -0.4 is 9.47 Å². The van der Waals surface area contributed by atoms with Crippen molar-refractivity contribution in [2.24, 2.45) is 0 Å². The fraction of sp³-hybridized carbons (Fsp3) is 0.154. The predicted molar refractivity (Wildman–Crippen MR) is 69.2 cm³/mol. The summed E-state index contributed by atoms with van der Waals surface area (Å²) < 4.78 is 24.5. The lowest BCUT2D eigenvalue weighted by Gasteiger charge is -2.08. The summed E-state index contributed by atoms with van der Waals surface area (Å²) in [4.78, 5) is 3.52. The van der Waals surface area contributed by atoms with Gasteiger partial charge in [0, 0.05) is 6.20 Å². The highest BCUT2D eigenvalue weighted by Crippen LogP contribution is 2.26. The Bertz CT molecular complexity index is 548. The average Bonchev–Trinajstić information content (AvgIpc) is 2.38. The third kappa shape index (κ3) is 2.98. The van der Waals surface area contributed by atoms with Crippen molar-refractivity contribution in [2.75, 3.05) is 7.11 Å². The van der Waals surface area contributed by atoms with E-state index in [9.17, 15) is 4.39 Å². The lowest BCUT2D eigenvalue weighted by Crippen LogP contribution is -1.98. The van der Waals surface area contributed by atoms with Gasteiger partial charge in [0.1, 0.15) is 12.4 Å². The van der Waals surface area contributed by atoms with Crippen LogP contribution >= 0.6 is 15.9 Å². The van der Waals surface area contributed by atoms with Crippen LogP contribution in [0, 0.1) is 5.95 Å². The van der Waals surface area contributed by atoms with Gasteiger partial charge < -0.3 is 9.47 Å². The molecular formula is C13H11BrFNO2. The summed E-state index contributed by atoms with van der Waals surface area (Å²) in [6.45, 7) is 0.269. The first-order valence-corrected chi connectivity index (χ1v) is 6.05. The Kier molecular flexibility index (Phi) is 4.15. The van der Waals surface area contributed by atoms with Crippen LogP contribution in [0.15, 0.2) is 41.0 Å². The Morgan fingerprint density at radius 1 is 1.28 bits per heavy atom. The van der Waals surface area contributed by atoms with Crippen molar-refractivity contribution in [3.63, 3.8) is 0 Å². The van der Waals surface area contributed by atoms with E-state index in [-0.39, 0.29) is 12.4 Å². The molecule has 0 aliphatic carbocycles. The van der Waals surface area contributed by atoms with Crippen LogP contribution in [-0.4, -0.2) is 12.1 Å². The van der Waals surface area contributed by atoms with Gasteiger partial charge in [0.15, 0.2) is 5.75 Å². The fourth-order valence-electron chi connectivity index (χ4n) is 1.44. The lowest BCUT2D eigenvalue weighted by atomic mass is 10.2. The van der Waals surface area contributed by atoms with Gasteiger partial charge in [0.05, 0.1) is 11.6 Å². The Labute approximate surface area is 113 Å². The summed E-state index contributed by atoms with van der Waals surface area (Å²) in [6.07, 6.45) is 1.38. The molecule has 0 amide bonds. The van der Waals surface area contributed by atoms with Gasteiger partial charge >= 0.3 is 0 Å². The fourth-order valence-corrected chi connectivity index (χ4v) is 2.03. The number of methoxy groups -OCH3 is 1. The largest absolute Gasteiger partial charge is 0.496 e. The molecule has 0 atom stereocenters. The van der Waals surface area contributed by atoms with Gasteiger partial charge in [0.2, 0.25) is 0 Å². The molecule has 0 saturated carbocycles. The van der Waals surface area contributed by atoms with E-state index in [4.69, 9.17) is 9.47 Å². The monoisotopic (exact) mass is 311 g/mol. The van der Waals surface area contributed by atoms with Gasteiger partial charge in [-0.1, -0.05) is 6.07 Å². The van der Waals surface area contributed by atoms with E-state index in [2.05, 4.69) is 20.9 Å². The first-order valence-electron chi connectivity index (χ1n) is 5.26. The molecule has 0 bridgehead atoms. The summed E-state index contributed by atoms with van der Waals surface area (Å²) in [5.41, 5.74) is 0.908. The van der Waals surface area contributed by atoms with E-state index in [1.807, 2.05) is 18.2 Å². The summed E-state index contributed by atoms with van der Waals surface area (Å²) in [7, 11) is 1.60. The van der Waals surface area contributed by atoms with Crippen LogP contribution in [0.1, 0.15) is 5.56 Å². The molecule has 0 saturated heterocycles. The summed E-state index contributed by atoms with van der Waals surface area (Å²) >= 11 is 3.38. The van der Waals surface area contributed by atoms with Crippen molar-refractivity contribution in [3.05, 3.63) is 52.5 Å². The molecule has 1 heterocycles. The smallest absolute Gasteiger partial charge is 0.255 e. The zero-order valence-electron chi connectivity index (χ0n) is 9.69. The van der Waals surface area contributed by atoms with Gasteiger partial charge in [-0.05, 0) is 45.8 Å². The minimum atomic E-state index is -0.606. The van der Waals surface area contributed by atoms with Gasteiger partial charge in [-0.2, -0.15) is 4.39 Å². The highest BCUT2D eigenvalue weighted by atomic mass is 79.9. The number of benzene rings is 1. The standard InChI is InChI=1S/C13H11BrFNO2/c1-17-11-5-4-9(7-10(11)14)8-18-12-3-2-6-16-13(12)15/h2-7H,8H2,1H3. The SMILES string of the molecule is COc1ccc(COc2cccnc2F)cc1Br. The van der Waals surface area contributed by atoms with Crippen LogP contribution in [0.4, 0.5) is 4.39 Å². The number of aromatic nitrogens is 1. The Morgan fingerprint density at radius 3 is 2.78 bits per heavy atom. The minimum Gasteiger partial charge on any atom is -0.496 e. The molecule has 1 aromatic carbocycles. The molecule has 0 fully saturated rings. The summed E-state index contributed by atoms with van der Waals surface area (Å²) in [5.74, 6) is 0.279. The number of hydrogen-bond acceptors (Lipinski definition) is 3. The van der Waals surface area contributed by atoms with E-state index in [1.54, 1.807) is 19.2 Å². The summed E-state index contributed by atoms with van der Waals surface area (Å²) in [6, 6.07) is 8.72. The van der Waals surface area contributed by atoms with Crippen LogP contribution in [0.3, 0.4) is 0 Å². The second-order valence-corrected chi connectivity index (χ2v) is 4.40. The molecule has 2 rings (SSSR count). The molecule has 18 heavy (non-hydrogen) atoms. The van der Waals surface area contributed by atoms with Gasteiger partial charge in [-0.25, -0.2) is 4.98 Å². The molecule has 0 radical (unpaired) electrons. The van der Waals surface area contributed by atoms with Gasteiger partial charge in [-0.3, -0.25) is 0 Å². The minimum absolute atomic E-state index is 0.143. The Hall–Kier alpha value is -1.62. The van der Waals surface area contributed by atoms with Crippen LogP contribution in [0.5, 0.6) is 11.5 Å². The molecule has 2 aromatic rings. The lowest BCUT2D eigenvalue weighted by molar-refractivity contribution is 0.285. The van der Waals surface area contributed by atoms with Gasteiger partial charge in [0.25, 0.3) is 5.95 Å². The zero-order valence-corrected chi connectivity index (χ0v) is 11.3. The maximum absolute atomic E-state index is 13.2. The normalized spacial score (nSPS) is 10.2. The third-order valence-electron chi connectivity index (χ3n) is 2.34. The van der Waals surface area contributed by atoms with Gasteiger partial charge in [-0.15, -0.1) is 0 Å². The first kappa shape index (κ1) is 12.8. The quantitative estimate of drug-likeness (QED) is 0.809. The molecule has 5 heteroatoms. The number of ether oxygens (including phenoxy) is 2. The van der Waals surface area contributed by atoms with E-state index in [1.165, 1.54) is 6.20 Å². The first-order chi connectivity index (χ1) is 8.70. The number of halogens is 2. The van der Waals surface area contributed by atoms with Crippen molar-refractivity contribution in [1.82, 2.24) is 4.98 Å². The van der Waals surface area contributed by atoms with Crippen molar-refractivity contribution < 1.29 is 13.9 Å². The third-order valence-corrected chi connectivity index (χ3v) is 2.96. The maximum Gasteiger partial charge on any atom is 0.255 e. The van der Waals surface area contributed by atoms with Crippen LogP contribution in [0.2, 0.25) is 0 Å². The molecule has 0 unspecified atom stereocenters. The molecule has 0 aliphatic heterocycles. The second-order valence-electron chi connectivity index (χ2n) is 3.55. The molecular weight excluding hydrogens is 301 g/mol. The van der Waals surface area contributed by atoms with E-state index < -0.39 is 5.95 Å². The van der Waals surface area contributed by atoms with E-state index in [0.29, 0.717) is 0 Å².